The van der Waals surface area contributed by atoms with Gasteiger partial charge in [0.05, 0.1) is 26.2 Å². The lowest BCUT2D eigenvalue weighted by atomic mass is 9.97. The minimum absolute atomic E-state index is 0.0658. The third-order valence-electron chi connectivity index (χ3n) is 2.87. The number of nitrogens with zero attached hydrogens (tertiary/aromatic N) is 1. The van der Waals surface area contributed by atoms with E-state index in [1.54, 1.807) is 0 Å². The summed E-state index contributed by atoms with van der Waals surface area (Å²) in [5, 5.41) is 0. The summed E-state index contributed by atoms with van der Waals surface area (Å²) in [7, 11) is 2.08. The molecular weight excluding hydrogens is 170 g/mol. The first kappa shape index (κ1) is 8.97. The van der Waals surface area contributed by atoms with Gasteiger partial charge in [0.1, 0.15) is 0 Å². The van der Waals surface area contributed by atoms with Crippen molar-refractivity contribution in [3.63, 3.8) is 0 Å². The molecule has 2 heterocycles. The van der Waals surface area contributed by atoms with Gasteiger partial charge in [-0.2, -0.15) is 0 Å². The van der Waals surface area contributed by atoms with Crippen molar-refractivity contribution in [2.24, 2.45) is 5.92 Å². The van der Waals surface area contributed by atoms with Crippen LogP contribution in [-0.4, -0.2) is 50.3 Å². The molecule has 0 aliphatic carbocycles. The van der Waals surface area contributed by atoms with Crippen LogP contribution in [0.5, 0.6) is 0 Å². The Hall–Kier alpha value is -0.610. The highest BCUT2D eigenvalue weighted by Crippen LogP contribution is 2.23. The number of esters is 1. The first-order valence-electron chi connectivity index (χ1n) is 4.71. The Morgan fingerprint density at radius 3 is 2.92 bits per heavy atom. The van der Waals surface area contributed by atoms with Crippen molar-refractivity contribution in [1.82, 2.24) is 4.90 Å². The lowest BCUT2D eigenvalue weighted by Crippen LogP contribution is -2.47. The third-order valence-corrected chi connectivity index (χ3v) is 2.87. The summed E-state index contributed by atoms with van der Waals surface area (Å²) < 4.78 is 10.3. The van der Waals surface area contributed by atoms with Gasteiger partial charge in [0.2, 0.25) is 0 Å². The summed E-state index contributed by atoms with van der Waals surface area (Å²) in [5.41, 5.74) is 0. The number of likely N-dealkylation sites (N-methyl/N-ethyl adjacent to an activating group) is 1. The van der Waals surface area contributed by atoms with Gasteiger partial charge in [-0.3, -0.25) is 9.69 Å². The number of morpholine rings is 1. The lowest BCUT2D eigenvalue weighted by Gasteiger charge is -2.35. The fourth-order valence-corrected chi connectivity index (χ4v) is 1.98. The SMILES string of the molecule is CN1CCOCC1C1COC(=O)C1. The van der Waals surface area contributed by atoms with Crippen LogP contribution in [0.2, 0.25) is 0 Å². The van der Waals surface area contributed by atoms with Crippen LogP contribution in [0.1, 0.15) is 6.42 Å². The average Bonchev–Trinajstić information content (AvgIpc) is 2.53. The van der Waals surface area contributed by atoms with Crippen molar-refractivity contribution in [2.45, 2.75) is 12.5 Å². The highest BCUT2D eigenvalue weighted by atomic mass is 16.5. The van der Waals surface area contributed by atoms with Crippen molar-refractivity contribution in [3.8, 4) is 0 Å². The summed E-state index contributed by atoms with van der Waals surface area (Å²) >= 11 is 0. The molecule has 0 aromatic heterocycles. The Morgan fingerprint density at radius 2 is 2.31 bits per heavy atom. The predicted octanol–water partition coefficient (Wildman–Crippen LogP) is -0.120. The number of hydrogen-bond acceptors (Lipinski definition) is 4. The van der Waals surface area contributed by atoms with E-state index in [-0.39, 0.29) is 5.97 Å². The van der Waals surface area contributed by atoms with Crippen molar-refractivity contribution in [1.29, 1.82) is 0 Å². The van der Waals surface area contributed by atoms with E-state index in [2.05, 4.69) is 11.9 Å². The zero-order valence-electron chi connectivity index (χ0n) is 7.86. The molecule has 2 unspecified atom stereocenters. The molecule has 2 atom stereocenters. The van der Waals surface area contributed by atoms with Gasteiger partial charge in [0.25, 0.3) is 0 Å². The molecule has 0 saturated carbocycles. The first-order chi connectivity index (χ1) is 6.27. The largest absolute Gasteiger partial charge is 0.465 e. The van der Waals surface area contributed by atoms with Gasteiger partial charge in [-0.05, 0) is 7.05 Å². The van der Waals surface area contributed by atoms with Crippen molar-refractivity contribution in [3.05, 3.63) is 0 Å². The fraction of sp³-hybridized carbons (Fsp3) is 0.889. The van der Waals surface area contributed by atoms with E-state index in [9.17, 15) is 4.79 Å². The van der Waals surface area contributed by atoms with Crippen LogP contribution in [0.4, 0.5) is 0 Å². The van der Waals surface area contributed by atoms with Crippen molar-refractivity contribution < 1.29 is 14.3 Å². The minimum atomic E-state index is -0.0658. The molecule has 0 aromatic carbocycles. The van der Waals surface area contributed by atoms with E-state index >= 15 is 0 Å². The second kappa shape index (κ2) is 3.64. The van der Waals surface area contributed by atoms with Crippen LogP contribution in [0.3, 0.4) is 0 Å². The number of carbonyl (C=O) groups is 1. The quantitative estimate of drug-likeness (QED) is 0.534. The number of hydrogen-bond donors (Lipinski definition) is 0. The molecular formula is C9H15NO3. The molecule has 2 saturated heterocycles. The molecule has 2 aliphatic rings. The van der Waals surface area contributed by atoms with Gasteiger partial charge < -0.3 is 9.47 Å². The molecule has 0 bridgehead atoms. The van der Waals surface area contributed by atoms with Crippen LogP contribution in [-0.2, 0) is 14.3 Å². The Bertz CT molecular complexity index is 207. The molecule has 0 N–H and O–H groups in total. The third kappa shape index (κ3) is 1.84. The molecule has 74 valence electrons. The molecule has 2 aliphatic heterocycles. The number of rotatable bonds is 1. The summed E-state index contributed by atoms with van der Waals surface area (Å²) in [6.45, 7) is 3.05. The van der Waals surface area contributed by atoms with Crippen LogP contribution in [0.15, 0.2) is 0 Å². The van der Waals surface area contributed by atoms with E-state index < -0.39 is 0 Å². The van der Waals surface area contributed by atoms with Crippen molar-refractivity contribution in [2.75, 3.05) is 33.4 Å². The van der Waals surface area contributed by atoms with E-state index in [0.717, 1.165) is 19.8 Å². The number of cyclic esters (lactones) is 1. The maximum absolute atomic E-state index is 10.9. The molecule has 13 heavy (non-hydrogen) atoms. The Labute approximate surface area is 77.8 Å². The van der Waals surface area contributed by atoms with Crippen LogP contribution >= 0.6 is 0 Å². The van der Waals surface area contributed by atoms with Gasteiger partial charge in [0.15, 0.2) is 0 Å². The fourth-order valence-electron chi connectivity index (χ4n) is 1.98. The standard InChI is InChI=1S/C9H15NO3/c1-10-2-3-12-6-8(10)7-4-9(11)13-5-7/h7-8H,2-6H2,1H3. The summed E-state index contributed by atoms with van der Waals surface area (Å²) in [5.74, 6) is 0.266. The topological polar surface area (TPSA) is 38.8 Å². The molecule has 0 radical (unpaired) electrons. The van der Waals surface area contributed by atoms with Gasteiger partial charge >= 0.3 is 5.97 Å². The number of ether oxygens (including phenoxy) is 2. The zero-order chi connectivity index (χ0) is 9.26. The van der Waals surface area contributed by atoms with Gasteiger partial charge in [-0.1, -0.05) is 0 Å². The van der Waals surface area contributed by atoms with E-state index in [1.807, 2.05) is 0 Å². The summed E-state index contributed by atoms with van der Waals surface area (Å²) in [4.78, 5) is 13.2. The minimum Gasteiger partial charge on any atom is -0.465 e. The smallest absolute Gasteiger partial charge is 0.306 e. The molecule has 2 rings (SSSR count). The highest BCUT2D eigenvalue weighted by Gasteiger charge is 2.34. The van der Waals surface area contributed by atoms with Gasteiger partial charge in [-0.25, -0.2) is 0 Å². The summed E-state index contributed by atoms with van der Waals surface area (Å²) in [6, 6.07) is 0.361. The molecule has 0 spiro atoms. The lowest BCUT2D eigenvalue weighted by molar-refractivity contribution is -0.137. The average molecular weight is 185 g/mol. The number of carbonyl (C=O) groups excluding carboxylic acids is 1. The molecule has 2 fully saturated rings. The maximum Gasteiger partial charge on any atom is 0.306 e. The van der Waals surface area contributed by atoms with E-state index in [1.165, 1.54) is 0 Å². The first-order valence-corrected chi connectivity index (χ1v) is 4.71. The highest BCUT2D eigenvalue weighted by molar-refractivity contribution is 5.71. The second-order valence-corrected chi connectivity index (χ2v) is 3.77. The molecule has 4 nitrogen and oxygen atoms in total. The molecule has 0 amide bonds. The normalized spacial score (nSPS) is 36.2. The van der Waals surface area contributed by atoms with E-state index in [4.69, 9.17) is 9.47 Å². The molecule has 4 heteroatoms. The summed E-state index contributed by atoms with van der Waals surface area (Å²) in [6.07, 6.45) is 0.554. The van der Waals surface area contributed by atoms with Crippen LogP contribution < -0.4 is 0 Å². The Balaban J connectivity index is 1.94. The Morgan fingerprint density at radius 1 is 1.46 bits per heavy atom. The van der Waals surface area contributed by atoms with Gasteiger partial charge in [0, 0.05) is 18.5 Å². The van der Waals surface area contributed by atoms with E-state index in [0.29, 0.717) is 25.0 Å². The predicted molar refractivity (Wildman–Crippen MR) is 46.3 cm³/mol. The molecule has 0 aromatic rings. The Kier molecular flexibility index (Phi) is 2.51. The van der Waals surface area contributed by atoms with Crippen LogP contribution in [0.25, 0.3) is 0 Å². The second-order valence-electron chi connectivity index (χ2n) is 3.77. The van der Waals surface area contributed by atoms with Crippen molar-refractivity contribution >= 4 is 5.97 Å². The monoisotopic (exact) mass is 185 g/mol. The zero-order valence-corrected chi connectivity index (χ0v) is 7.86. The van der Waals surface area contributed by atoms with Crippen LogP contribution in [0, 0.1) is 5.92 Å². The van der Waals surface area contributed by atoms with Gasteiger partial charge in [-0.15, -0.1) is 0 Å². The maximum atomic E-state index is 10.9.